The van der Waals surface area contributed by atoms with Crippen LogP contribution in [0.4, 0.5) is 0 Å². The van der Waals surface area contributed by atoms with Crippen molar-refractivity contribution in [2.45, 2.75) is 117 Å². The molecule has 1 saturated carbocycles. The van der Waals surface area contributed by atoms with Gasteiger partial charge in [0.25, 0.3) is 5.91 Å². The number of unbranched alkanes of at least 4 members (excludes halogenated alkanes) is 3. The zero-order valence-corrected chi connectivity index (χ0v) is 38.2. The smallest absolute Gasteiger partial charge is 0.255 e. The van der Waals surface area contributed by atoms with E-state index in [0.29, 0.717) is 67.7 Å². The number of ketones is 1. The summed E-state index contributed by atoms with van der Waals surface area (Å²) >= 11 is 7.92. The van der Waals surface area contributed by atoms with E-state index in [0.717, 1.165) is 94.0 Å². The lowest BCUT2D eigenvalue weighted by Crippen LogP contribution is -2.40. The summed E-state index contributed by atoms with van der Waals surface area (Å²) in [5.74, 6) is 1.89. The molecule has 0 spiro atoms. The molecule has 2 aromatic heterocycles. The molecule has 0 saturated heterocycles. The lowest BCUT2D eigenvalue weighted by atomic mass is 9.99. The Morgan fingerprint density at radius 1 is 0.922 bits per heavy atom. The van der Waals surface area contributed by atoms with Gasteiger partial charge in [-0.15, -0.1) is 21.5 Å². The highest BCUT2D eigenvalue weighted by molar-refractivity contribution is 7.15. The number of carbonyl (C=O) groups excluding carboxylic acids is 4. The molecule has 3 amide bonds. The minimum Gasteiger partial charge on any atom is -0.489 e. The number of Topliss-reactive ketones (excluding diaryl/α,β-unsaturated/α-hetero) is 1. The molecule has 332 valence electrons. The summed E-state index contributed by atoms with van der Waals surface area (Å²) in [7, 11) is 0. The maximum Gasteiger partial charge on any atom is 0.255 e. The fourth-order valence-electron chi connectivity index (χ4n) is 8.78. The van der Waals surface area contributed by atoms with Gasteiger partial charge in [-0.05, 0) is 93.8 Å². The number of nitrogens with one attached hydrogen (secondary N) is 2. The lowest BCUT2D eigenvalue weighted by molar-refractivity contribution is -0.123. The van der Waals surface area contributed by atoms with Gasteiger partial charge >= 0.3 is 0 Å². The summed E-state index contributed by atoms with van der Waals surface area (Å²) < 4.78 is 8.26. The third-order valence-corrected chi connectivity index (χ3v) is 13.9. The number of aromatic nitrogens is 3. The molecule has 8 rings (SSSR count). The second kappa shape index (κ2) is 19.9. The van der Waals surface area contributed by atoms with Crippen molar-refractivity contribution in [2.75, 3.05) is 6.54 Å². The predicted molar refractivity (Wildman–Crippen MR) is 249 cm³/mol. The van der Waals surface area contributed by atoms with E-state index in [2.05, 4.69) is 41.3 Å². The van der Waals surface area contributed by atoms with Crippen LogP contribution in [0.25, 0.3) is 5.00 Å². The molecular formula is C50H54ClN7O5S. The van der Waals surface area contributed by atoms with Crippen molar-refractivity contribution in [3.63, 3.8) is 0 Å². The van der Waals surface area contributed by atoms with Gasteiger partial charge in [-0.2, -0.15) is 0 Å². The summed E-state index contributed by atoms with van der Waals surface area (Å²) in [5, 5.41) is 16.6. The lowest BCUT2D eigenvalue weighted by Gasteiger charge is -2.25. The van der Waals surface area contributed by atoms with Crippen molar-refractivity contribution in [2.24, 2.45) is 4.99 Å². The minimum atomic E-state index is -0.522. The summed E-state index contributed by atoms with van der Waals surface area (Å²) in [4.78, 5) is 60.4. The average molecular weight is 901 g/mol. The number of rotatable bonds is 16. The number of hydrogen-bond donors (Lipinski definition) is 2. The average Bonchev–Trinajstić information content (AvgIpc) is 3.85. The number of thiophene rings is 1. The first kappa shape index (κ1) is 44.7. The molecule has 64 heavy (non-hydrogen) atoms. The molecule has 2 atom stereocenters. The molecule has 1 unspecified atom stereocenters. The molecule has 0 bridgehead atoms. The third kappa shape index (κ3) is 9.90. The standard InChI is InChI=1S/C50H54ClN7O5S/c1-30-11-9-13-41(42(59)25-30)57-28-39-38(49(57)62)12-10-14-43(39)63-29-35-18-16-34(17-19-35)27-53-44(60)15-7-5-6-8-24-52-45(61)26-40-48-56-55-33(4)58(48)50-46(31(2)32(3)64-50)47(54-40)36-20-22-37(51)23-21-36/h10,12,14,16-23,40-41H,1,5-9,11,13,15,24-29H2,2-4H3,(H,52,61)(H,53,60)/t40?,41-/m0/s1. The summed E-state index contributed by atoms with van der Waals surface area (Å²) in [6.07, 6.45) is 6.56. The van der Waals surface area contributed by atoms with Gasteiger partial charge in [-0.1, -0.05) is 79.1 Å². The third-order valence-electron chi connectivity index (χ3n) is 12.4. The monoisotopic (exact) mass is 899 g/mol. The number of carbonyl (C=O) groups is 4. The maximum absolute atomic E-state index is 13.3. The van der Waals surface area contributed by atoms with Crippen LogP contribution < -0.4 is 15.4 Å². The number of aryl methyl sites for hydroxylation is 2. The number of ether oxygens (including phenoxy) is 1. The molecule has 2 N–H and O–H groups in total. The number of halogens is 1. The van der Waals surface area contributed by atoms with Crippen molar-refractivity contribution in [3.8, 4) is 10.8 Å². The van der Waals surface area contributed by atoms with Crippen LogP contribution >= 0.6 is 22.9 Å². The highest BCUT2D eigenvalue weighted by atomic mass is 35.5. The van der Waals surface area contributed by atoms with Crippen LogP contribution in [0.2, 0.25) is 5.02 Å². The van der Waals surface area contributed by atoms with Gasteiger partial charge in [0.2, 0.25) is 11.8 Å². The van der Waals surface area contributed by atoms with E-state index < -0.39 is 12.1 Å². The molecule has 4 heterocycles. The van der Waals surface area contributed by atoms with E-state index in [9.17, 15) is 19.2 Å². The largest absolute Gasteiger partial charge is 0.489 e. The van der Waals surface area contributed by atoms with Crippen LogP contribution in [-0.2, 0) is 34.1 Å². The van der Waals surface area contributed by atoms with Gasteiger partial charge in [-0.3, -0.25) is 28.7 Å². The van der Waals surface area contributed by atoms with Crippen LogP contribution in [0.15, 0.2) is 83.9 Å². The number of nitrogens with zero attached hydrogens (tertiary/aromatic N) is 5. The predicted octanol–water partition coefficient (Wildman–Crippen LogP) is 9.18. The van der Waals surface area contributed by atoms with Crippen LogP contribution in [-0.4, -0.2) is 61.5 Å². The Balaban J connectivity index is 0.746. The summed E-state index contributed by atoms with van der Waals surface area (Å²) in [6.45, 7) is 11.8. The molecule has 3 aliphatic rings. The van der Waals surface area contributed by atoms with Gasteiger partial charge in [0.1, 0.15) is 29.2 Å². The Hall–Kier alpha value is -5.92. The highest BCUT2D eigenvalue weighted by Crippen LogP contribution is 2.40. The van der Waals surface area contributed by atoms with Crippen molar-refractivity contribution in [3.05, 3.63) is 139 Å². The number of allylic oxidation sites excluding steroid dienone is 1. The van der Waals surface area contributed by atoms with Crippen LogP contribution in [0.1, 0.15) is 131 Å². The molecular weight excluding hydrogens is 846 g/mol. The first-order valence-corrected chi connectivity index (χ1v) is 23.4. The number of aliphatic imine (C=N–C) groups is 1. The van der Waals surface area contributed by atoms with Crippen LogP contribution in [0.3, 0.4) is 0 Å². The molecule has 5 aromatic rings. The fourth-order valence-corrected chi connectivity index (χ4v) is 10.1. The van der Waals surface area contributed by atoms with Crippen LogP contribution in [0.5, 0.6) is 5.75 Å². The normalized spacial score (nSPS) is 17.0. The van der Waals surface area contributed by atoms with E-state index in [1.807, 2.05) is 78.2 Å². The Bertz CT molecular complexity index is 2610. The Morgan fingerprint density at radius 2 is 1.69 bits per heavy atom. The van der Waals surface area contributed by atoms with E-state index in [1.165, 1.54) is 4.88 Å². The van der Waals surface area contributed by atoms with E-state index >= 15 is 0 Å². The van der Waals surface area contributed by atoms with Crippen molar-refractivity contribution in [1.82, 2.24) is 30.3 Å². The van der Waals surface area contributed by atoms with E-state index in [4.69, 9.17) is 21.3 Å². The van der Waals surface area contributed by atoms with Gasteiger partial charge < -0.3 is 20.3 Å². The molecule has 2 aliphatic heterocycles. The molecule has 1 aliphatic carbocycles. The molecule has 0 radical (unpaired) electrons. The number of benzene rings is 3. The van der Waals surface area contributed by atoms with Crippen molar-refractivity contribution >= 4 is 52.2 Å². The summed E-state index contributed by atoms with van der Waals surface area (Å²) in [6, 6.07) is 20.1. The first-order chi connectivity index (χ1) is 30.9. The van der Waals surface area contributed by atoms with E-state index in [-0.39, 0.29) is 29.9 Å². The molecule has 12 nitrogen and oxygen atoms in total. The zero-order valence-electron chi connectivity index (χ0n) is 36.7. The Kier molecular flexibility index (Phi) is 13.9. The van der Waals surface area contributed by atoms with Gasteiger partial charge in [0.15, 0.2) is 11.6 Å². The Labute approximate surface area is 383 Å². The second-order valence-electron chi connectivity index (χ2n) is 17.0. The fraction of sp³-hybridized carbons (Fsp3) is 0.380. The van der Waals surface area contributed by atoms with Gasteiger partial charge in [0, 0.05) is 58.1 Å². The Morgan fingerprint density at radius 3 is 2.48 bits per heavy atom. The SMILES string of the molecule is C=C1CCC[C@H](N2Cc3c(OCc4ccc(CNC(=O)CCCCCCNC(=O)CC5N=C(c6ccc(Cl)cc6)c6c(sc(C)c6C)-n6c(C)nnc65)cc4)cccc3C2=O)C(=O)C1. The quantitative estimate of drug-likeness (QED) is 0.0570. The molecule has 3 aromatic carbocycles. The van der Waals surface area contributed by atoms with Gasteiger partial charge in [-0.25, -0.2) is 0 Å². The topological polar surface area (TPSA) is 148 Å². The van der Waals surface area contributed by atoms with Crippen molar-refractivity contribution in [1.29, 1.82) is 0 Å². The highest BCUT2D eigenvalue weighted by Gasteiger charge is 2.38. The maximum atomic E-state index is 13.3. The number of fused-ring (bicyclic) bond motifs is 4. The zero-order chi connectivity index (χ0) is 44.9. The number of amides is 3. The van der Waals surface area contributed by atoms with Gasteiger partial charge in [0.05, 0.1) is 24.7 Å². The van der Waals surface area contributed by atoms with Crippen LogP contribution in [0, 0.1) is 20.8 Å². The minimum absolute atomic E-state index is 0.00226. The number of hydrogen-bond acceptors (Lipinski definition) is 9. The first-order valence-electron chi connectivity index (χ1n) is 22.2. The molecule has 14 heteroatoms. The van der Waals surface area contributed by atoms with Crippen molar-refractivity contribution < 1.29 is 23.9 Å². The summed E-state index contributed by atoms with van der Waals surface area (Å²) in [5.41, 5.74) is 8.22. The second-order valence-corrected chi connectivity index (χ2v) is 18.7. The molecule has 1 fully saturated rings. The van der Waals surface area contributed by atoms with E-state index in [1.54, 1.807) is 16.2 Å².